The second-order valence-corrected chi connectivity index (χ2v) is 7.05. The fraction of sp³-hybridized carbons (Fsp3) is 0.688. The molecule has 0 amide bonds. The first kappa shape index (κ1) is 16.6. The molecule has 9 nitrogen and oxygen atoms in total. The molecule has 25 heavy (non-hydrogen) atoms. The third-order valence-corrected chi connectivity index (χ3v) is 5.24. The number of imidazole rings is 1. The van der Waals surface area contributed by atoms with Crippen LogP contribution in [0.25, 0.3) is 11.2 Å². The Labute approximate surface area is 144 Å². The molecule has 2 fully saturated rings. The summed E-state index contributed by atoms with van der Waals surface area (Å²) in [4.78, 5) is 13.0. The fourth-order valence-corrected chi connectivity index (χ4v) is 3.78. The van der Waals surface area contributed by atoms with Gasteiger partial charge in [-0.3, -0.25) is 4.57 Å². The van der Waals surface area contributed by atoms with Gasteiger partial charge in [0.2, 0.25) is 0 Å². The van der Waals surface area contributed by atoms with Crippen molar-refractivity contribution in [3.05, 3.63) is 12.7 Å². The Balaban J connectivity index is 1.69. The number of rotatable bonds is 4. The van der Waals surface area contributed by atoms with Crippen LogP contribution < -0.4 is 5.32 Å². The molecule has 1 aliphatic carbocycles. The van der Waals surface area contributed by atoms with Gasteiger partial charge in [0, 0.05) is 6.04 Å². The predicted octanol–water partition coefficient (Wildman–Crippen LogP) is 0.182. The maximum absolute atomic E-state index is 10.7. The summed E-state index contributed by atoms with van der Waals surface area (Å²) in [6.45, 7) is 1.09. The lowest BCUT2D eigenvalue weighted by Gasteiger charge is -2.27. The molecule has 4 N–H and O–H groups in total. The summed E-state index contributed by atoms with van der Waals surface area (Å²) in [5.41, 5.74) is -0.479. The van der Waals surface area contributed by atoms with Crippen molar-refractivity contribution >= 4 is 17.0 Å². The van der Waals surface area contributed by atoms with E-state index in [4.69, 9.17) is 4.74 Å². The normalized spacial score (nSPS) is 33.4. The van der Waals surface area contributed by atoms with Crippen molar-refractivity contribution in [3.8, 4) is 0 Å². The number of nitrogens with one attached hydrogen (secondary N) is 1. The van der Waals surface area contributed by atoms with Crippen LogP contribution in [0.1, 0.15) is 38.8 Å². The second-order valence-electron chi connectivity index (χ2n) is 7.05. The summed E-state index contributed by atoms with van der Waals surface area (Å²) < 4.78 is 7.24. The zero-order valence-corrected chi connectivity index (χ0v) is 14.0. The highest BCUT2D eigenvalue weighted by Gasteiger charge is 2.53. The summed E-state index contributed by atoms with van der Waals surface area (Å²) in [5, 5.41) is 33.6. The Bertz CT molecular complexity index is 758. The lowest BCUT2D eigenvalue weighted by molar-refractivity contribution is -0.0950. The number of aliphatic hydroxyl groups excluding tert-OH is 2. The molecular formula is C16H23N5O4. The van der Waals surface area contributed by atoms with Crippen molar-refractivity contribution in [1.29, 1.82) is 0 Å². The van der Waals surface area contributed by atoms with Crippen molar-refractivity contribution in [3.63, 3.8) is 0 Å². The Kier molecular flexibility index (Phi) is 4.11. The van der Waals surface area contributed by atoms with Gasteiger partial charge < -0.3 is 25.4 Å². The molecule has 1 aliphatic heterocycles. The van der Waals surface area contributed by atoms with E-state index in [2.05, 4.69) is 20.3 Å². The number of hydrogen-bond donors (Lipinski definition) is 4. The van der Waals surface area contributed by atoms with E-state index >= 15 is 0 Å². The molecule has 4 rings (SSSR count). The van der Waals surface area contributed by atoms with Gasteiger partial charge in [-0.05, 0) is 19.8 Å². The van der Waals surface area contributed by atoms with E-state index in [0.29, 0.717) is 23.0 Å². The number of hydrogen-bond acceptors (Lipinski definition) is 8. The quantitative estimate of drug-likeness (QED) is 0.616. The summed E-state index contributed by atoms with van der Waals surface area (Å²) in [6.07, 6.45) is 4.62. The van der Waals surface area contributed by atoms with Crippen LogP contribution in [0.3, 0.4) is 0 Å². The minimum atomic E-state index is -1.58. The average molecular weight is 349 g/mol. The SMILES string of the molecule is C[C@@]1(O)C(O)C(CO)OC1n1cnc2c(NC3CCCC3)ncnc21. The summed E-state index contributed by atoms with van der Waals surface area (Å²) >= 11 is 0. The average Bonchev–Trinajstić information content (AvgIpc) is 3.29. The van der Waals surface area contributed by atoms with Crippen molar-refractivity contribution < 1.29 is 20.1 Å². The molecule has 9 heteroatoms. The first-order chi connectivity index (χ1) is 12.0. The van der Waals surface area contributed by atoms with E-state index in [1.165, 1.54) is 32.4 Å². The van der Waals surface area contributed by atoms with Gasteiger partial charge in [-0.25, -0.2) is 15.0 Å². The van der Waals surface area contributed by atoms with Gasteiger partial charge in [0.1, 0.15) is 24.1 Å². The van der Waals surface area contributed by atoms with Gasteiger partial charge in [-0.2, -0.15) is 0 Å². The molecule has 3 unspecified atom stereocenters. The highest BCUT2D eigenvalue weighted by molar-refractivity contribution is 5.82. The molecule has 2 aromatic rings. The van der Waals surface area contributed by atoms with Gasteiger partial charge in [0.05, 0.1) is 12.9 Å². The lowest BCUT2D eigenvalue weighted by Crippen LogP contribution is -2.44. The number of nitrogens with zero attached hydrogens (tertiary/aromatic N) is 4. The van der Waals surface area contributed by atoms with Crippen LogP contribution in [0.5, 0.6) is 0 Å². The van der Waals surface area contributed by atoms with E-state index in [0.717, 1.165) is 12.8 Å². The van der Waals surface area contributed by atoms with Gasteiger partial charge in [0.15, 0.2) is 23.2 Å². The zero-order chi connectivity index (χ0) is 17.6. The third-order valence-electron chi connectivity index (χ3n) is 5.24. The van der Waals surface area contributed by atoms with Crippen LogP contribution in [-0.2, 0) is 4.74 Å². The molecule has 2 aliphatic rings. The molecule has 1 saturated heterocycles. The smallest absolute Gasteiger partial charge is 0.168 e. The molecule has 2 aromatic heterocycles. The summed E-state index contributed by atoms with van der Waals surface area (Å²) in [5.74, 6) is 0.660. The molecule has 0 radical (unpaired) electrons. The minimum absolute atomic E-state index is 0.384. The number of aliphatic hydroxyl groups is 3. The Morgan fingerprint density at radius 2 is 2.08 bits per heavy atom. The standard InChI is InChI=1S/C16H23N5O4/c1-16(24)12(23)10(6-22)25-15(16)21-8-19-11-13(17-7-18-14(11)21)20-9-4-2-3-5-9/h7-10,12,15,22-24H,2-6H2,1H3,(H,17,18,20)/t10?,12?,15?,16-/m1/s1. The maximum atomic E-state index is 10.7. The number of ether oxygens (including phenoxy) is 1. The highest BCUT2D eigenvalue weighted by Crippen LogP contribution is 2.39. The molecule has 136 valence electrons. The molecule has 3 heterocycles. The topological polar surface area (TPSA) is 126 Å². The maximum Gasteiger partial charge on any atom is 0.168 e. The minimum Gasteiger partial charge on any atom is -0.394 e. The fourth-order valence-electron chi connectivity index (χ4n) is 3.78. The zero-order valence-electron chi connectivity index (χ0n) is 14.0. The van der Waals surface area contributed by atoms with Gasteiger partial charge in [-0.15, -0.1) is 0 Å². The van der Waals surface area contributed by atoms with Crippen molar-refractivity contribution in [2.75, 3.05) is 11.9 Å². The monoisotopic (exact) mass is 349 g/mol. The van der Waals surface area contributed by atoms with Gasteiger partial charge >= 0.3 is 0 Å². The van der Waals surface area contributed by atoms with Crippen LogP contribution in [0.4, 0.5) is 5.82 Å². The molecule has 0 aromatic carbocycles. The third kappa shape index (κ3) is 2.67. The van der Waals surface area contributed by atoms with E-state index in [1.807, 2.05) is 0 Å². The van der Waals surface area contributed by atoms with Crippen LogP contribution in [0.2, 0.25) is 0 Å². The predicted molar refractivity (Wildman–Crippen MR) is 88.8 cm³/mol. The summed E-state index contributed by atoms with van der Waals surface area (Å²) in [6, 6.07) is 0.384. The highest BCUT2D eigenvalue weighted by atomic mass is 16.6. The lowest BCUT2D eigenvalue weighted by atomic mass is 9.96. The number of aromatic nitrogens is 4. The van der Waals surface area contributed by atoms with E-state index in [-0.39, 0.29) is 6.61 Å². The largest absolute Gasteiger partial charge is 0.394 e. The van der Waals surface area contributed by atoms with Crippen molar-refractivity contribution in [1.82, 2.24) is 19.5 Å². The van der Waals surface area contributed by atoms with Crippen molar-refractivity contribution in [2.45, 2.75) is 62.7 Å². The van der Waals surface area contributed by atoms with Crippen LogP contribution in [0.15, 0.2) is 12.7 Å². The first-order valence-corrected chi connectivity index (χ1v) is 8.63. The van der Waals surface area contributed by atoms with Crippen LogP contribution in [0, 0.1) is 0 Å². The van der Waals surface area contributed by atoms with Gasteiger partial charge in [-0.1, -0.05) is 12.8 Å². The van der Waals surface area contributed by atoms with Gasteiger partial charge in [0.25, 0.3) is 0 Å². The van der Waals surface area contributed by atoms with Crippen molar-refractivity contribution in [2.24, 2.45) is 0 Å². The molecule has 1 saturated carbocycles. The van der Waals surface area contributed by atoms with E-state index in [9.17, 15) is 15.3 Å². The summed E-state index contributed by atoms with van der Waals surface area (Å²) in [7, 11) is 0. The second kappa shape index (κ2) is 6.17. The van der Waals surface area contributed by atoms with E-state index in [1.54, 1.807) is 4.57 Å². The number of anilines is 1. The van der Waals surface area contributed by atoms with Crippen LogP contribution in [-0.4, -0.2) is 65.3 Å². The Morgan fingerprint density at radius 3 is 2.76 bits per heavy atom. The Hall–Kier alpha value is -1.81. The van der Waals surface area contributed by atoms with E-state index < -0.39 is 24.0 Å². The first-order valence-electron chi connectivity index (χ1n) is 8.63. The number of fused-ring (bicyclic) bond motifs is 1. The Morgan fingerprint density at radius 1 is 1.32 bits per heavy atom. The molecule has 0 spiro atoms. The molecule has 0 bridgehead atoms. The molecular weight excluding hydrogens is 326 g/mol. The molecule has 4 atom stereocenters. The van der Waals surface area contributed by atoms with Crippen LogP contribution >= 0.6 is 0 Å².